The maximum absolute atomic E-state index is 13.0. The molecule has 0 spiro atoms. The van der Waals surface area contributed by atoms with Crippen molar-refractivity contribution in [2.45, 2.75) is 51.4 Å². The van der Waals surface area contributed by atoms with Gasteiger partial charge in [0.05, 0.1) is 5.56 Å². The lowest BCUT2D eigenvalue weighted by atomic mass is 9.90. The van der Waals surface area contributed by atoms with Gasteiger partial charge in [0.1, 0.15) is 17.3 Å². The smallest absolute Gasteiger partial charge is 0.343 e. The highest BCUT2D eigenvalue weighted by Crippen LogP contribution is 2.49. The van der Waals surface area contributed by atoms with E-state index in [1.165, 1.54) is 4.88 Å². The molecule has 1 aromatic carbocycles. The highest BCUT2D eigenvalue weighted by molar-refractivity contribution is 7.12. The fourth-order valence-electron chi connectivity index (χ4n) is 4.02. The number of hydrogen-bond acceptors (Lipinski definition) is 5. The van der Waals surface area contributed by atoms with Crippen LogP contribution in [-0.2, 0) is 6.42 Å². The van der Waals surface area contributed by atoms with Crippen LogP contribution >= 0.6 is 11.3 Å². The number of phenolic OH excluding ortho intramolecular Hbond substituents is 1. The normalized spacial score (nSPS) is 15.9. The Morgan fingerprint density at radius 1 is 1.14 bits per heavy atom. The fraction of sp³-hybridized carbons (Fsp3) is 0.375. The van der Waals surface area contributed by atoms with E-state index in [1.54, 1.807) is 29.5 Å². The van der Waals surface area contributed by atoms with Crippen LogP contribution in [0.2, 0.25) is 0 Å². The van der Waals surface area contributed by atoms with Crippen molar-refractivity contribution >= 4 is 11.3 Å². The summed E-state index contributed by atoms with van der Waals surface area (Å²) in [7, 11) is 0. The molecule has 2 heterocycles. The van der Waals surface area contributed by atoms with Crippen LogP contribution in [-0.4, -0.2) is 10.2 Å². The minimum atomic E-state index is -0.424. The Labute approximate surface area is 174 Å². The van der Waals surface area contributed by atoms with Crippen LogP contribution in [0, 0.1) is 12.8 Å². The molecule has 2 atom stereocenters. The summed E-state index contributed by atoms with van der Waals surface area (Å²) >= 11 is 1.68. The van der Waals surface area contributed by atoms with Gasteiger partial charge in [0.15, 0.2) is 0 Å². The molecule has 1 saturated carbocycles. The first-order valence-electron chi connectivity index (χ1n) is 10.2. The van der Waals surface area contributed by atoms with Gasteiger partial charge >= 0.3 is 5.63 Å². The molecule has 1 fully saturated rings. The minimum Gasteiger partial charge on any atom is -0.508 e. The molecule has 0 radical (unpaired) electrons. The van der Waals surface area contributed by atoms with Gasteiger partial charge in [0.25, 0.3) is 0 Å². The van der Waals surface area contributed by atoms with E-state index < -0.39 is 5.63 Å². The Morgan fingerprint density at radius 3 is 2.41 bits per heavy atom. The molecular formula is C24H26O4S. The first-order chi connectivity index (χ1) is 14.0. The quantitative estimate of drug-likeness (QED) is 0.524. The number of hydrogen-bond donors (Lipinski definition) is 2. The zero-order valence-corrected chi connectivity index (χ0v) is 17.5. The molecule has 4 rings (SSSR count). The zero-order valence-electron chi connectivity index (χ0n) is 16.7. The van der Waals surface area contributed by atoms with Gasteiger partial charge in [0.2, 0.25) is 0 Å². The molecule has 29 heavy (non-hydrogen) atoms. The van der Waals surface area contributed by atoms with Gasteiger partial charge in [-0.1, -0.05) is 19.1 Å². The van der Waals surface area contributed by atoms with Gasteiger partial charge in [0, 0.05) is 27.7 Å². The van der Waals surface area contributed by atoms with E-state index in [1.807, 2.05) is 19.1 Å². The fourth-order valence-corrected chi connectivity index (χ4v) is 5.10. The molecule has 2 aromatic heterocycles. The van der Waals surface area contributed by atoms with Gasteiger partial charge in [-0.2, -0.15) is 0 Å². The summed E-state index contributed by atoms with van der Waals surface area (Å²) in [5.41, 5.74) is 1.02. The average molecular weight is 411 g/mol. The summed E-state index contributed by atoms with van der Waals surface area (Å²) in [6, 6.07) is 12.8. The third-order valence-corrected chi connectivity index (χ3v) is 6.85. The molecule has 0 saturated heterocycles. The van der Waals surface area contributed by atoms with Crippen LogP contribution in [0.1, 0.15) is 64.7 Å². The summed E-state index contributed by atoms with van der Waals surface area (Å²) in [5, 5.41) is 20.3. The predicted molar refractivity (Wildman–Crippen MR) is 115 cm³/mol. The summed E-state index contributed by atoms with van der Waals surface area (Å²) in [6.45, 7) is 4.09. The van der Waals surface area contributed by atoms with Crippen LogP contribution in [0.4, 0.5) is 0 Å². The first-order valence-corrected chi connectivity index (χ1v) is 11.0. The average Bonchev–Trinajstić information content (AvgIpc) is 3.44. The second kappa shape index (κ2) is 8.07. The largest absolute Gasteiger partial charge is 0.508 e. The number of aromatic hydroxyl groups is 2. The van der Waals surface area contributed by atoms with E-state index >= 15 is 0 Å². The molecule has 2 unspecified atom stereocenters. The molecular weight excluding hydrogens is 384 g/mol. The van der Waals surface area contributed by atoms with Crippen LogP contribution in [0.5, 0.6) is 11.5 Å². The second-order valence-corrected chi connectivity index (χ2v) is 9.29. The van der Waals surface area contributed by atoms with Gasteiger partial charge in [-0.05, 0) is 68.4 Å². The Bertz CT molecular complexity index is 1040. The molecule has 5 heteroatoms. The summed E-state index contributed by atoms with van der Waals surface area (Å²) in [4.78, 5) is 15.3. The molecule has 152 valence electrons. The van der Waals surface area contributed by atoms with Crippen LogP contribution < -0.4 is 5.63 Å². The maximum Gasteiger partial charge on any atom is 0.343 e. The van der Waals surface area contributed by atoms with Crippen molar-refractivity contribution in [2.24, 2.45) is 5.92 Å². The lowest BCUT2D eigenvalue weighted by Crippen LogP contribution is -2.17. The molecule has 0 bridgehead atoms. The summed E-state index contributed by atoms with van der Waals surface area (Å²) in [6.07, 6.45) is 3.59. The number of phenols is 1. The van der Waals surface area contributed by atoms with E-state index in [0.29, 0.717) is 23.7 Å². The molecule has 0 aliphatic heterocycles. The van der Waals surface area contributed by atoms with Crippen molar-refractivity contribution in [2.75, 3.05) is 0 Å². The van der Waals surface area contributed by atoms with E-state index in [4.69, 9.17) is 4.42 Å². The monoisotopic (exact) mass is 410 g/mol. The molecule has 4 nitrogen and oxygen atoms in total. The van der Waals surface area contributed by atoms with E-state index in [2.05, 4.69) is 19.1 Å². The van der Waals surface area contributed by atoms with Crippen LogP contribution in [0.15, 0.2) is 51.7 Å². The van der Waals surface area contributed by atoms with Gasteiger partial charge < -0.3 is 14.6 Å². The molecule has 3 aromatic rings. The first kappa shape index (κ1) is 19.8. The molecule has 1 aliphatic rings. The summed E-state index contributed by atoms with van der Waals surface area (Å²) in [5.74, 6) is 1.08. The van der Waals surface area contributed by atoms with E-state index in [9.17, 15) is 15.0 Å². The topological polar surface area (TPSA) is 70.7 Å². The van der Waals surface area contributed by atoms with E-state index in [0.717, 1.165) is 29.7 Å². The SMILES string of the molecule is CCC(Cc1ccc(O)cc1)c1cc(O)c(C(c2ccc(C)s2)C2CC2)c(=O)o1. The maximum atomic E-state index is 13.0. The lowest BCUT2D eigenvalue weighted by molar-refractivity contribution is 0.380. The van der Waals surface area contributed by atoms with Crippen molar-refractivity contribution < 1.29 is 14.6 Å². The Kier molecular flexibility index (Phi) is 5.50. The Morgan fingerprint density at radius 2 is 1.86 bits per heavy atom. The zero-order chi connectivity index (χ0) is 20.5. The van der Waals surface area contributed by atoms with Crippen molar-refractivity contribution in [3.05, 3.63) is 79.5 Å². The van der Waals surface area contributed by atoms with Crippen molar-refractivity contribution in [1.29, 1.82) is 0 Å². The van der Waals surface area contributed by atoms with Crippen molar-refractivity contribution in [1.82, 2.24) is 0 Å². The Balaban J connectivity index is 1.67. The molecule has 0 amide bonds. The highest BCUT2D eigenvalue weighted by Gasteiger charge is 2.38. The van der Waals surface area contributed by atoms with E-state index in [-0.39, 0.29) is 23.3 Å². The van der Waals surface area contributed by atoms with Crippen molar-refractivity contribution in [3.8, 4) is 11.5 Å². The number of aryl methyl sites for hydroxylation is 1. The van der Waals surface area contributed by atoms with Crippen LogP contribution in [0.25, 0.3) is 0 Å². The lowest BCUT2D eigenvalue weighted by Gasteiger charge is -2.18. The van der Waals surface area contributed by atoms with Crippen molar-refractivity contribution in [3.63, 3.8) is 0 Å². The van der Waals surface area contributed by atoms with Gasteiger partial charge in [-0.15, -0.1) is 11.3 Å². The van der Waals surface area contributed by atoms with Gasteiger partial charge in [-0.25, -0.2) is 4.79 Å². The van der Waals surface area contributed by atoms with Crippen LogP contribution in [0.3, 0.4) is 0 Å². The van der Waals surface area contributed by atoms with Gasteiger partial charge in [-0.3, -0.25) is 0 Å². The molecule has 2 N–H and O–H groups in total. The summed E-state index contributed by atoms with van der Waals surface area (Å²) < 4.78 is 5.77. The predicted octanol–water partition coefficient (Wildman–Crippen LogP) is 5.70. The Hall–Kier alpha value is -2.53. The standard InChI is InChI=1S/C24H26O4S/c1-3-16(12-15-5-9-18(25)10-6-15)20-13-19(26)23(24(27)28-20)22(17-7-8-17)21-11-4-14(2)29-21/h4-6,9-11,13,16-17,22,25-26H,3,7-8,12H2,1-2H3. The number of rotatable bonds is 7. The third kappa shape index (κ3) is 4.25. The molecule has 1 aliphatic carbocycles. The minimum absolute atomic E-state index is 0.0180. The number of thiophene rings is 1. The third-order valence-electron chi connectivity index (χ3n) is 5.77. The second-order valence-electron chi connectivity index (χ2n) is 7.97. The number of benzene rings is 1. The highest BCUT2D eigenvalue weighted by atomic mass is 32.1.